The Morgan fingerprint density at radius 1 is 0.905 bits per heavy atom. The van der Waals surface area contributed by atoms with Gasteiger partial charge >= 0.3 is 0 Å². The number of nitrogens with one attached hydrogen (secondary N) is 1. The molecule has 0 amide bonds. The van der Waals surface area contributed by atoms with E-state index < -0.39 is 0 Å². The Morgan fingerprint density at radius 2 is 1.67 bits per heavy atom. The van der Waals surface area contributed by atoms with Gasteiger partial charge in [0, 0.05) is 31.2 Å². The van der Waals surface area contributed by atoms with Gasteiger partial charge in [0.25, 0.3) is 0 Å². The van der Waals surface area contributed by atoms with E-state index in [1.807, 2.05) is 0 Å². The van der Waals surface area contributed by atoms with E-state index in [4.69, 9.17) is 0 Å². The molecule has 21 heavy (non-hydrogen) atoms. The number of hydrogen-bond acceptors (Lipinski definition) is 3. The summed E-state index contributed by atoms with van der Waals surface area (Å²) >= 11 is 0. The molecule has 3 atom stereocenters. The summed E-state index contributed by atoms with van der Waals surface area (Å²) in [5.74, 6) is 0. The quantitative estimate of drug-likeness (QED) is 0.863. The molecule has 3 rings (SSSR count). The summed E-state index contributed by atoms with van der Waals surface area (Å²) in [5.41, 5.74) is 0.445. The lowest BCUT2D eigenvalue weighted by atomic mass is 9.70. The van der Waals surface area contributed by atoms with Crippen molar-refractivity contribution in [3.63, 3.8) is 0 Å². The van der Waals surface area contributed by atoms with Crippen LogP contribution in [0.2, 0.25) is 0 Å². The van der Waals surface area contributed by atoms with Gasteiger partial charge in [0.15, 0.2) is 0 Å². The van der Waals surface area contributed by atoms with E-state index in [2.05, 4.69) is 36.0 Å². The number of nitrogens with zero attached hydrogens (tertiary/aromatic N) is 2. The third kappa shape index (κ3) is 3.30. The van der Waals surface area contributed by atoms with Crippen LogP contribution >= 0.6 is 0 Å². The number of likely N-dealkylation sites (tertiary alicyclic amines) is 2. The Morgan fingerprint density at radius 3 is 2.38 bits per heavy atom. The molecular formula is C18H35N3. The highest BCUT2D eigenvalue weighted by molar-refractivity contribution is 5.00. The van der Waals surface area contributed by atoms with Crippen LogP contribution in [0.25, 0.3) is 0 Å². The van der Waals surface area contributed by atoms with Gasteiger partial charge in [-0.3, -0.25) is 9.80 Å². The summed E-state index contributed by atoms with van der Waals surface area (Å²) in [6, 6.07) is 2.26. The molecule has 0 aromatic rings. The molecule has 0 aromatic carbocycles. The molecule has 0 spiro atoms. The molecular weight excluding hydrogens is 258 g/mol. The van der Waals surface area contributed by atoms with Crippen LogP contribution in [-0.2, 0) is 0 Å². The molecule has 3 unspecified atom stereocenters. The smallest absolute Gasteiger partial charge is 0.0271 e. The normalized spacial score (nSPS) is 38.7. The summed E-state index contributed by atoms with van der Waals surface area (Å²) in [6.45, 7) is 10.3. The largest absolute Gasteiger partial charge is 0.315 e. The average molecular weight is 293 g/mol. The Kier molecular flexibility index (Phi) is 4.92. The number of likely N-dealkylation sites (N-methyl/N-ethyl adjacent to an activating group) is 1. The number of rotatable bonds is 3. The second-order valence-electron chi connectivity index (χ2n) is 8.25. The summed E-state index contributed by atoms with van der Waals surface area (Å²) in [4.78, 5) is 5.60. The maximum Gasteiger partial charge on any atom is 0.0271 e. The molecule has 0 radical (unpaired) electrons. The first-order valence-electron chi connectivity index (χ1n) is 9.27. The van der Waals surface area contributed by atoms with Crippen LogP contribution < -0.4 is 5.32 Å². The maximum atomic E-state index is 3.66. The topological polar surface area (TPSA) is 18.5 Å². The van der Waals surface area contributed by atoms with Gasteiger partial charge in [0.05, 0.1) is 0 Å². The fourth-order valence-electron chi connectivity index (χ4n) is 5.24. The molecule has 1 aliphatic carbocycles. The lowest BCUT2D eigenvalue weighted by molar-refractivity contribution is 0.0591. The van der Waals surface area contributed by atoms with Crippen molar-refractivity contribution >= 4 is 0 Å². The molecule has 3 nitrogen and oxygen atoms in total. The molecule has 2 aliphatic heterocycles. The monoisotopic (exact) mass is 293 g/mol. The Labute approximate surface area is 131 Å². The molecule has 3 heteroatoms. The summed E-state index contributed by atoms with van der Waals surface area (Å²) in [7, 11) is 2.17. The number of hydrogen-bond donors (Lipinski definition) is 1. The lowest BCUT2D eigenvalue weighted by Gasteiger charge is -2.47. The first-order chi connectivity index (χ1) is 10.1. The molecule has 1 saturated carbocycles. The van der Waals surface area contributed by atoms with Gasteiger partial charge < -0.3 is 5.32 Å². The van der Waals surface area contributed by atoms with Gasteiger partial charge in [0.2, 0.25) is 0 Å². The third-order valence-corrected chi connectivity index (χ3v) is 6.43. The zero-order valence-corrected chi connectivity index (χ0v) is 14.4. The minimum absolute atomic E-state index is 0.445. The Bertz CT molecular complexity index is 335. The van der Waals surface area contributed by atoms with E-state index in [0.717, 1.165) is 12.1 Å². The van der Waals surface area contributed by atoms with Crippen LogP contribution in [-0.4, -0.2) is 61.2 Å². The van der Waals surface area contributed by atoms with Crippen LogP contribution in [0.3, 0.4) is 0 Å². The summed E-state index contributed by atoms with van der Waals surface area (Å²) < 4.78 is 0. The predicted octanol–water partition coefficient (Wildman–Crippen LogP) is 2.71. The van der Waals surface area contributed by atoms with Gasteiger partial charge in [-0.2, -0.15) is 0 Å². The van der Waals surface area contributed by atoms with Crippen molar-refractivity contribution in [3.05, 3.63) is 0 Å². The van der Waals surface area contributed by atoms with E-state index in [1.165, 1.54) is 71.1 Å². The minimum atomic E-state index is 0.445. The fraction of sp³-hybridized carbons (Fsp3) is 1.00. The highest BCUT2D eigenvalue weighted by Gasteiger charge is 2.43. The van der Waals surface area contributed by atoms with Gasteiger partial charge in [-0.25, -0.2) is 0 Å². The second kappa shape index (κ2) is 6.55. The van der Waals surface area contributed by atoms with Crippen molar-refractivity contribution in [2.75, 3.05) is 33.2 Å². The fourth-order valence-corrected chi connectivity index (χ4v) is 5.24. The van der Waals surface area contributed by atoms with Crippen LogP contribution in [0, 0.1) is 5.41 Å². The highest BCUT2D eigenvalue weighted by Crippen LogP contribution is 2.39. The molecule has 3 aliphatic rings. The Balaban J connectivity index is 1.61. The standard InChI is InChI=1S/C18H35N3/c1-18(2)10-7-8-16(17(18)19-3)21-13-9-15(14-21)20-11-5-4-6-12-20/h15-17,19H,4-14H2,1-3H3. The van der Waals surface area contributed by atoms with Gasteiger partial charge in [0.1, 0.15) is 0 Å². The summed E-state index contributed by atoms with van der Waals surface area (Å²) in [5, 5.41) is 3.66. The van der Waals surface area contributed by atoms with Crippen molar-refractivity contribution in [3.8, 4) is 0 Å². The average Bonchev–Trinajstić information content (AvgIpc) is 2.96. The van der Waals surface area contributed by atoms with E-state index >= 15 is 0 Å². The van der Waals surface area contributed by atoms with Crippen LogP contribution in [0.5, 0.6) is 0 Å². The van der Waals surface area contributed by atoms with E-state index in [0.29, 0.717) is 11.5 Å². The van der Waals surface area contributed by atoms with Gasteiger partial charge in [-0.1, -0.05) is 26.7 Å². The highest BCUT2D eigenvalue weighted by atomic mass is 15.3. The Hall–Kier alpha value is -0.120. The molecule has 2 saturated heterocycles. The third-order valence-electron chi connectivity index (χ3n) is 6.43. The van der Waals surface area contributed by atoms with E-state index in [1.54, 1.807) is 0 Å². The van der Waals surface area contributed by atoms with E-state index in [-0.39, 0.29) is 0 Å². The van der Waals surface area contributed by atoms with Crippen molar-refractivity contribution in [2.24, 2.45) is 5.41 Å². The zero-order chi connectivity index (χ0) is 14.9. The first-order valence-corrected chi connectivity index (χ1v) is 9.27. The SMILES string of the molecule is CNC1C(N2CCC(N3CCCCC3)C2)CCCC1(C)C. The molecule has 122 valence electrons. The van der Waals surface area contributed by atoms with Crippen LogP contribution in [0.1, 0.15) is 58.8 Å². The molecule has 0 bridgehead atoms. The van der Waals surface area contributed by atoms with Crippen LogP contribution in [0.15, 0.2) is 0 Å². The molecule has 3 fully saturated rings. The molecule has 1 N–H and O–H groups in total. The van der Waals surface area contributed by atoms with Gasteiger partial charge in [-0.15, -0.1) is 0 Å². The summed E-state index contributed by atoms with van der Waals surface area (Å²) in [6.07, 6.45) is 9.86. The van der Waals surface area contributed by atoms with Crippen molar-refractivity contribution in [1.82, 2.24) is 15.1 Å². The lowest BCUT2D eigenvalue weighted by Crippen LogP contribution is -2.58. The zero-order valence-electron chi connectivity index (χ0n) is 14.4. The van der Waals surface area contributed by atoms with Gasteiger partial charge in [-0.05, 0) is 57.7 Å². The maximum absolute atomic E-state index is 3.66. The minimum Gasteiger partial charge on any atom is -0.315 e. The first kappa shape index (κ1) is 15.8. The molecule has 2 heterocycles. The second-order valence-corrected chi connectivity index (χ2v) is 8.25. The number of piperidine rings is 1. The van der Waals surface area contributed by atoms with Crippen molar-refractivity contribution in [2.45, 2.75) is 76.9 Å². The predicted molar refractivity (Wildman–Crippen MR) is 89.7 cm³/mol. The molecule has 0 aromatic heterocycles. The van der Waals surface area contributed by atoms with Crippen molar-refractivity contribution in [1.29, 1.82) is 0 Å². The van der Waals surface area contributed by atoms with Crippen molar-refractivity contribution < 1.29 is 0 Å². The van der Waals surface area contributed by atoms with Crippen LogP contribution in [0.4, 0.5) is 0 Å². The van der Waals surface area contributed by atoms with E-state index in [9.17, 15) is 0 Å².